The number of halogens is 3. The molecule has 27 heavy (non-hydrogen) atoms. The highest BCUT2D eigenvalue weighted by Gasteiger charge is 2.36. The van der Waals surface area contributed by atoms with Crippen molar-refractivity contribution in [3.8, 4) is 0 Å². The van der Waals surface area contributed by atoms with Crippen LogP contribution in [0.5, 0.6) is 0 Å². The zero-order valence-electron chi connectivity index (χ0n) is 13.6. The lowest BCUT2D eigenvalue weighted by Crippen LogP contribution is -2.54. The van der Waals surface area contributed by atoms with E-state index < -0.39 is 34.3 Å². The predicted octanol–water partition coefficient (Wildman–Crippen LogP) is 3.24. The van der Waals surface area contributed by atoms with Crippen LogP contribution in [0.2, 0.25) is 5.02 Å². The Morgan fingerprint density at radius 2 is 1.85 bits per heavy atom. The molecule has 0 atom stereocenters. The third-order valence-electron chi connectivity index (χ3n) is 4.12. The molecular weight excluding hydrogens is 384 g/mol. The van der Waals surface area contributed by atoms with Gasteiger partial charge < -0.3 is 10.2 Å². The van der Waals surface area contributed by atoms with Crippen LogP contribution >= 0.6 is 11.6 Å². The first-order chi connectivity index (χ1) is 12.8. The molecule has 2 amide bonds. The fourth-order valence-electron chi connectivity index (χ4n) is 2.62. The number of carbonyl (C=O) groups is 2. The van der Waals surface area contributed by atoms with Crippen LogP contribution in [0.4, 0.5) is 20.2 Å². The molecule has 7 nitrogen and oxygen atoms in total. The summed E-state index contributed by atoms with van der Waals surface area (Å²) >= 11 is 5.80. The van der Waals surface area contributed by atoms with Crippen LogP contribution in [0, 0.1) is 27.7 Å². The molecule has 0 saturated carbocycles. The summed E-state index contributed by atoms with van der Waals surface area (Å²) in [5.74, 6) is -3.82. The summed E-state index contributed by atoms with van der Waals surface area (Å²) in [5, 5.41) is 13.7. The highest BCUT2D eigenvalue weighted by atomic mass is 35.5. The number of likely N-dealkylation sites (tertiary alicyclic amines) is 1. The first-order valence-corrected chi connectivity index (χ1v) is 8.13. The second-order valence-electron chi connectivity index (χ2n) is 5.94. The van der Waals surface area contributed by atoms with E-state index >= 15 is 0 Å². The molecule has 1 heterocycles. The number of nitrogens with zero attached hydrogens (tertiary/aromatic N) is 2. The molecule has 1 aliphatic rings. The smallest absolute Gasteiger partial charge is 0.292 e. The summed E-state index contributed by atoms with van der Waals surface area (Å²) in [7, 11) is 0. The topological polar surface area (TPSA) is 92.5 Å². The molecule has 0 aliphatic carbocycles. The number of hydrogen-bond donors (Lipinski definition) is 1. The summed E-state index contributed by atoms with van der Waals surface area (Å²) in [6.45, 7) is 0.107. The van der Waals surface area contributed by atoms with E-state index in [-0.39, 0.29) is 35.1 Å². The molecule has 3 rings (SSSR count). The number of nitro benzene ring substituents is 1. The highest BCUT2D eigenvalue weighted by Crippen LogP contribution is 2.29. The quantitative estimate of drug-likeness (QED) is 0.635. The zero-order chi connectivity index (χ0) is 19.7. The van der Waals surface area contributed by atoms with E-state index in [9.17, 15) is 28.5 Å². The lowest BCUT2D eigenvalue weighted by molar-refractivity contribution is -0.383. The Labute approximate surface area is 156 Å². The minimum atomic E-state index is -1.14. The normalized spacial score (nSPS) is 13.8. The van der Waals surface area contributed by atoms with Crippen LogP contribution in [0.15, 0.2) is 36.4 Å². The molecule has 140 valence electrons. The Balaban J connectivity index is 1.63. The molecular formula is C17H12ClF2N3O4. The number of carbonyl (C=O) groups excluding carboxylic acids is 2. The second kappa shape index (κ2) is 7.28. The van der Waals surface area contributed by atoms with Crippen molar-refractivity contribution >= 4 is 34.8 Å². The van der Waals surface area contributed by atoms with E-state index in [0.29, 0.717) is 0 Å². The van der Waals surface area contributed by atoms with Crippen molar-refractivity contribution in [2.45, 2.75) is 0 Å². The Morgan fingerprint density at radius 3 is 2.48 bits per heavy atom. The first kappa shape index (κ1) is 18.7. The van der Waals surface area contributed by atoms with Gasteiger partial charge in [0.15, 0.2) is 11.6 Å². The van der Waals surface area contributed by atoms with Crippen LogP contribution in [0.1, 0.15) is 10.4 Å². The summed E-state index contributed by atoms with van der Waals surface area (Å²) in [6.07, 6.45) is 0. The van der Waals surface area contributed by atoms with Gasteiger partial charge in [0.1, 0.15) is 5.69 Å². The lowest BCUT2D eigenvalue weighted by Gasteiger charge is -2.38. The molecule has 0 bridgehead atoms. The third kappa shape index (κ3) is 3.87. The van der Waals surface area contributed by atoms with Crippen molar-refractivity contribution in [2.24, 2.45) is 5.92 Å². The fourth-order valence-corrected chi connectivity index (χ4v) is 2.80. The molecule has 1 N–H and O–H groups in total. The van der Waals surface area contributed by atoms with Crippen LogP contribution in [0.3, 0.4) is 0 Å². The van der Waals surface area contributed by atoms with E-state index in [1.807, 2.05) is 0 Å². The number of nitrogens with one attached hydrogen (secondary N) is 1. The minimum absolute atomic E-state index is 0.0294. The number of amides is 2. The van der Waals surface area contributed by atoms with E-state index in [4.69, 9.17) is 11.6 Å². The largest absolute Gasteiger partial charge is 0.337 e. The zero-order valence-corrected chi connectivity index (χ0v) is 14.4. The molecule has 0 radical (unpaired) electrons. The highest BCUT2D eigenvalue weighted by molar-refractivity contribution is 6.31. The molecule has 1 fully saturated rings. The van der Waals surface area contributed by atoms with Gasteiger partial charge in [-0.2, -0.15) is 0 Å². The molecule has 1 saturated heterocycles. The Bertz CT molecular complexity index is 948. The molecule has 2 aromatic rings. The van der Waals surface area contributed by atoms with Crippen LogP contribution < -0.4 is 5.32 Å². The van der Waals surface area contributed by atoms with E-state index in [1.165, 1.54) is 23.1 Å². The fraction of sp³-hybridized carbons (Fsp3) is 0.176. The van der Waals surface area contributed by atoms with Crippen molar-refractivity contribution in [3.63, 3.8) is 0 Å². The van der Waals surface area contributed by atoms with Crippen molar-refractivity contribution in [1.29, 1.82) is 0 Å². The Kier molecular flexibility index (Phi) is 5.04. The van der Waals surface area contributed by atoms with Gasteiger partial charge in [0.2, 0.25) is 5.91 Å². The van der Waals surface area contributed by atoms with Crippen molar-refractivity contribution in [3.05, 3.63) is 68.7 Å². The van der Waals surface area contributed by atoms with Crippen molar-refractivity contribution in [2.75, 3.05) is 18.4 Å². The minimum Gasteiger partial charge on any atom is -0.337 e. The van der Waals surface area contributed by atoms with Gasteiger partial charge >= 0.3 is 0 Å². The molecule has 0 unspecified atom stereocenters. The van der Waals surface area contributed by atoms with Gasteiger partial charge in [0, 0.05) is 29.7 Å². The second-order valence-corrected chi connectivity index (χ2v) is 6.38. The van der Waals surface area contributed by atoms with Crippen LogP contribution in [-0.2, 0) is 4.79 Å². The van der Waals surface area contributed by atoms with E-state index in [1.54, 1.807) is 0 Å². The lowest BCUT2D eigenvalue weighted by atomic mass is 9.97. The summed E-state index contributed by atoms with van der Waals surface area (Å²) in [6, 6.07) is 6.58. The average Bonchev–Trinajstić information content (AvgIpc) is 2.55. The summed E-state index contributed by atoms with van der Waals surface area (Å²) < 4.78 is 26.2. The SMILES string of the molecule is O=C(Nc1cc(Cl)ccc1[N+](=O)[O-])C1CN(C(=O)c2ccc(F)c(F)c2)C1. The first-order valence-electron chi connectivity index (χ1n) is 7.75. The molecule has 0 spiro atoms. The Morgan fingerprint density at radius 1 is 1.15 bits per heavy atom. The monoisotopic (exact) mass is 395 g/mol. The number of hydrogen-bond acceptors (Lipinski definition) is 4. The van der Waals surface area contributed by atoms with Crippen LogP contribution in [0.25, 0.3) is 0 Å². The van der Waals surface area contributed by atoms with Gasteiger partial charge in [0.05, 0.1) is 10.8 Å². The molecule has 2 aromatic carbocycles. The third-order valence-corrected chi connectivity index (χ3v) is 4.35. The Hall–Kier alpha value is -3.07. The number of benzene rings is 2. The maximum absolute atomic E-state index is 13.2. The van der Waals surface area contributed by atoms with Gasteiger partial charge in [-0.3, -0.25) is 19.7 Å². The summed E-state index contributed by atoms with van der Waals surface area (Å²) in [5.41, 5.74) is -0.372. The number of rotatable bonds is 4. The predicted molar refractivity (Wildman–Crippen MR) is 92.5 cm³/mol. The summed E-state index contributed by atoms with van der Waals surface area (Å²) in [4.78, 5) is 36.1. The van der Waals surface area contributed by atoms with Crippen molar-refractivity contribution < 1.29 is 23.3 Å². The van der Waals surface area contributed by atoms with Gasteiger partial charge in [-0.25, -0.2) is 8.78 Å². The maximum atomic E-state index is 13.2. The molecule has 10 heteroatoms. The average molecular weight is 396 g/mol. The van der Waals surface area contributed by atoms with Gasteiger partial charge in [-0.15, -0.1) is 0 Å². The van der Waals surface area contributed by atoms with E-state index in [0.717, 1.165) is 18.2 Å². The number of anilines is 1. The van der Waals surface area contributed by atoms with Gasteiger partial charge in [-0.1, -0.05) is 11.6 Å². The maximum Gasteiger partial charge on any atom is 0.292 e. The van der Waals surface area contributed by atoms with Gasteiger partial charge in [0.25, 0.3) is 11.6 Å². The van der Waals surface area contributed by atoms with E-state index in [2.05, 4.69) is 5.32 Å². The van der Waals surface area contributed by atoms with Crippen LogP contribution in [-0.4, -0.2) is 34.7 Å². The number of nitro groups is 1. The molecule has 0 aromatic heterocycles. The van der Waals surface area contributed by atoms with Crippen molar-refractivity contribution in [1.82, 2.24) is 4.90 Å². The standard InChI is InChI=1S/C17H12ClF2N3O4/c18-11-2-4-15(23(26)27)14(6-11)21-16(24)10-7-22(8-10)17(25)9-1-3-12(19)13(20)5-9/h1-6,10H,7-8H2,(H,21,24). The molecule has 1 aliphatic heterocycles. The van der Waals surface area contributed by atoms with Gasteiger partial charge in [-0.05, 0) is 30.3 Å².